The fourth-order valence-corrected chi connectivity index (χ4v) is 3.00. The number of benzene rings is 1. The van der Waals surface area contributed by atoms with E-state index in [1.54, 1.807) is 11.1 Å². The van der Waals surface area contributed by atoms with Crippen molar-refractivity contribution >= 4 is 0 Å². The van der Waals surface area contributed by atoms with Gasteiger partial charge in [0, 0.05) is 6.04 Å². The second kappa shape index (κ2) is 4.21. The van der Waals surface area contributed by atoms with Crippen molar-refractivity contribution in [2.45, 2.75) is 44.1 Å². The smallest absolute Gasteiger partial charge is 0.00726 e. The maximum Gasteiger partial charge on any atom is 0.00726 e. The van der Waals surface area contributed by atoms with Gasteiger partial charge in [0.15, 0.2) is 0 Å². The van der Waals surface area contributed by atoms with Crippen molar-refractivity contribution in [2.24, 2.45) is 5.92 Å². The molecule has 2 aliphatic carbocycles. The average molecular weight is 215 g/mol. The van der Waals surface area contributed by atoms with Gasteiger partial charge >= 0.3 is 0 Å². The molecule has 2 aliphatic rings. The Bertz CT molecular complexity index is 367. The largest absolute Gasteiger partial charge is 0.317 e. The van der Waals surface area contributed by atoms with Crippen molar-refractivity contribution in [3.63, 3.8) is 0 Å². The van der Waals surface area contributed by atoms with Gasteiger partial charge in [-0.15, -0.1) is 0 Å². The van der Waals surface area contributed by atoms with E-state index in [9.17, 15) is 0 Å². The molecule has 0 saturated heterocycles. The second-order valence-corrected chi connectivity index (χ2v) is 5.50. The van der Waals surface area contributed by atoms with Gasteiger partial charge in [-0.25, -0.2) is 0 Å². The van der Waals surface area contributed by atoms with E-state index in [1.165, 1.54) is 32.1 Å². The molecule has 0 bridgehead atoms. The van der Waals surface area contributed by atoms with Crippen LogP contribution in [0.5, 0.6) is 0 Å². The normalized spacial score (nSPS) is 24.7. The summed E-state index contributed by atoms with van der Waals surface area (Å²) >= 11 is 0. The van der Waals surface area contributed by atoms with E-state index in [0.29, 0.717) is 0 Å². The highest BCUT2D eigenvalue weighted by Gasteiger charge is 2.30. The lowest BCUT2D eigenvalue weighted by molar-refractivity contribution is 0.405. The van der Waals surface area contributed by atoms with Gasteiger partial charge in [0.05, 0.1) is 0 Å². The standard InChI is InChI=1S/C15H21N/c1-16-14(8-11-6-7-11)10-13-9-12-4-2-3-5-15(12)13/h2-5,11,13-14,16H,6-10H2,1H3. The van der Waals surface area contributed by atoms with Crippen LogP contribution >= 0.6 is 0 Å². The Morgan fingerprint density at radius 3 is 2.75 bits per heavy atom. The molecule has 0 heterocycles. The summed E-state index contributed by atoms with van der Waals surface area (Å²) in [7, 11) is 2.12. The van der Waals surface area contributed by atoms with Gasteiger partial charge in [-0.05, 0) is 49.3 Å². The van der Waals surface area contributed by atoms with Crippen LogP contribution in [0.4, 0.5) is 0 Å². The molecule has 3 rings (SSSR count). The van der Waals surface area contributed by atoms with Crippen LogP contribution in [-0.4, -0.2) is 13.1 Å². The molecule has 1 aromatic carbocycles. The quantitative estimate of drug-likeness (QED) is 0.796. The molecule has 0 aliphatic heterocycles. The molecule has 0 spiro atoms. The van der Waals surface area contributed by atoms with E-state index < -0.39 is 0 Å². The molecular weight excluding hydrogens is 194 g/mol. The van der Waals surface area contributed by atoms with E-state index in [2.05, 4.69) is 36.6 Å². The highest BCUT2D eigenvalue weighted by atomic mass is 14.9. The van der Waals surface area contributed by atoms with Crippen molar-refractivity contribution in [2.75, 3.05) is 7.05 Å². The second-order valence-electron chi connectivity index (χ2n) is 5.50. The number of fused-ring (bicyclic) bond motifs is 1. The zero-order chi connectivity index (χ0) is 11.0. The van der Waals surface area contributed by atoms with Gasteiger partial charge in [0.25, 0.3) is 0 Å². The maximum atomic E-state index is 3.50. The Hall–Kier alpha value is -0.820. The lowest BCUT2D eigenvalue weighted by atomic mass is 9.74. The first-order valence-electron chi connectivity index (χ1n) is 6.62. The van der Waals surface area contributed by atoms with Gasteiger partial charge in [0.2, 0.25) is 0 Å². The molecule has 0 amide bonds. The van der Waals surface area contributed by atoms with E-state index in [-0.39, 0.29) is 0 Å². The van der Waals surface area contributed by atoms with Crippen molar-refractivity contribution in [3.05, 3.63) is 35.4 Å². The summed E-state index contributed by atoms with van der Waals surface area (Å²) in [4.78, 5) is 0. The predicted molar refractivity (Wildman–Crippen MR) is 67.7 cm³/mol. The van der Waals surface area contributed by atoms with Crippen molar-refractivity contribution in [1.82, 2.24) is 5.32 Å². The maximum absolute atomic E-state index is 3.50. The van der Waals surface area contributed by atoms with Crippen LogP contribution in [0.1, 0.15) is 42.7 Å². The van der Waals surface area contributed by atoms with E-state index in [1.807, 2.05) is 0 Å². The Morgan fingerprint density at radius 1 is 1.25 bits per heavy atom. The van der Waals surface area contributed by atoms with Crippen molar-refractivity contribution < 1.29 is 0 Å². The summed E-state index contributed by atoms with van der Waals surface area (Å²) in [6, 6.07) is 9.68. The lowest BCUT2D eigenvalue weighted by Gasteiger charge is -2.33. The van der Waals surface area contributed by atoms with E-state index >= 15 is 0 Å². The fourth-order valence-electron chi connectivity index (χ4n) is 3.00. The average Bonchev–Trinajstić information content (AvgIpc) is 3.08. The molecule has 2 atom stereocenters. The number of rotatable bonds is 5. The van der Waals surface area contributed by atoms with Gasteiger partial charge in [-0.1, -0.05) is 37.1 Å². The first-order valence-corrected chi connectivity index (χ1v) is 6.62. The fraction of sp³-hybridized carbons (Fsp3) is 0.600. The summed E-state index contributed by atoms with van der Waals surface area (Å²) in [6.45, 7) is 0. The molecule has 1 saturated carbocycles. The molecule has 1 N–H and O–H groups in total. The first kappa shape index (κ1) is 10.3. The zero-order valence-corrected chi connectivity index (χ0v) is 10.1. The van der Waals surface area contributed by atoms with E-state index in [0.717, 1.165) is 17.9 Å². The summed E-state index contributed by atoms with van der Waals surface area (Å²) in [5, 5.41) is 3.50. The molecule has 1 fully saturated rings. The SMILES string of the molecule is CNC(CC1CC1)CC1Cc2ccccc21. The summed E-state index contributed by atoms with van der Waals surface area (Å²) in [5.41, 5.74) is 3.19. The number of hydrogen-bond acceptors (Lipinski definition) is 1. The molecule has 16 heavy (non-hydrogen) atoms. The highest BCUT2D eigenvalue weighted by Crippen LogP contribution is 2.40. The Labute approximate surface area is 98.3 Å². The minimum Gasteiger partial charge on any atom is -0.317 e. The van der Waals surface area contributed by atoms with E-state index in [4.69, 9.17) is 0 Å². The summed E-state index contributed by atoms with van der Waals surface area (Å²) in [6.07, 6.45) is 6.98. The molecule has 86 valence electrons. The molecule has 1 heteroatoms. The van der Waals surface area contributed by atoms with Gasteiger partial charge in [0.1, 0.15) is 0 Å². The van der Waals surface area contributed by atoms with Crippen LogP contribution in [0, 0.1) is 5.92 Å². The van der Waals surface area contributed by atoms with Crippen LogP contribution in [0.2, 0.25) is 0 Å². The van der Waals surface area contributed by atoms with Crippen LogP contribution in [0.3, 0.4) is 0 Å². The number of nitrogens with one attached hydrogen (secondary N) is 1. The molecule has 2 unspecified atom stereocenters. The molecule has 1 nitrogen and oxygen atoms in total. The van der Waals surface area contributed by atoms with Crippen molar-refractivity contribution in [3.8, 4) is 0 Å². The topological polar surface area (TPSA) is 12.0 Å². The van der Waals surface area contributed by atoms with Gasteiger partial charge < -0.3 is 5.32 Å². The Balaban J connectivity index is 1.59. The molecule has 0 aromatic heterocycles. The third-order valence-electron chi connectivity index (χ3n) is 4.25. The van der Waals surface area contributed by atoms with Crippen LogP contribution in [0.15, 0.2) is 24.3 Å². The Kier molecular flexibility index (Phi) is 2.72. The molecule has 1 aromatic rings. The third-order valence-corrected chi connectivity index (χ3v) is 4.25. The van der Waals surface area contributed by atoms with Gasteiger partial charge in [-0.2, -0.15) is 0 Å². The third kappa shape index (κ3) is 2.01. The van der Waals surface area contributed by atoms with Crippen LogP contribution in [0.25, 0.3) is 0 Å². The highest BCUT2D eigenvalue weighted by molar-refractivity contribution is 5.39. The monoisotopic (exact) mass is 215 g/mol. The zero-order valence-electron chi connectivity index (χ0n) is 10.1. The van der Waals surface area contributed by atoms with Crippen molar-refractivity contribution in [1.29, 1.82) is 0 Å². The summed E-state index contributed by atoms with van der Waals surface area (Å²) in [5.74, 6) is 1.86. The minimum absolute atomic E-state index is 0.742. The Morgan fingerprint density at radius 2 is 2.06 bits per heavy atom. The van der Waals surface area contributed by atoms with Gasteiger partial charge in [-0.3, -0.25) is 0 Å². The van der Waals surface area contributed by atoms with Crippen LogP contribution < -0.4 is 5.32 Å². The predicted octanol–water partition coefficient (Wildman–Crippen LogP) is 3.10. The summed E-state index contributed by atoms with van der Waals surface area (Å²) < 4.78 is 0. The molecule has 0 radical (unpaired) electrons. The number of hydrogen-bond donors (Lipinski definition) is 1. The lowest BCUT2D eigenvalue weighted by Crippen LogP contribution is -2.31. The molecular formula is C15H21N. The minimum atomic E-state index is 0.742. The van der Waals surface area contributed by atoms with Crippen LogP contribution in [-0.2, 0) is 6.42 Å². The first-order chi connectivity index (χ1) is 7.86.